The lowest BCUT2D eigenvalue weighted by Gasteiger charge is -1.99. The smallest absolute Gasteiger partial charge is 0.245 e. The van der Waals surface area contributed by atoms with Crippen LogP contribution in [0.15, 0.2) is 24.3 Å². The molecule has 0 aliphatic heterocycles. The minimum Gasteiger partial charge on any atom is -0.276 e. The summed E-state index contributed by atoms with van der Waals surface area (Å²) in [6.45, 7) is 0. The largest absolute Gasteiger partial charge is 0.276 e. The zero-order valence-electron chi connectivity index (χ0n) is 7.79. The van der Waals surface area contributed by atoms with Crippen molar-refractivity contribution in [1.29, 1.82) is 0 Å². The molecule has 0 N–H and O–H groups in total. The van der Waals surface area contributed by atoms with Crippen LogP contribution in [0.1, 0.15) is 23.1 Å². The molecule has 1 aromatic carbocycles. The summed E-state index contributed by atoms with van der Waals surface area (Å²) in [6, 6.07) is 6.31. The van der Waals surface area contributed by atoms with Crippen LogP contribution in [0.25, 0.3) is 6.08 Å². The first-order valence-corrected chi connectivity index (χ1v) is 5.13. The molecule has 1 aliphatic carbocycles. The second-order valence-corrected chi connectivity index (χ2v) is 3.89. The number of allylic oxidation sites excluding steroid dienone is 1. The average molecular weight is 207 g/mol. The van der Waals surface area contributed by atoms with Crippen molar-refractivity contribution in [3.05, 3.63) is 41.0 Å². The summed E-state index contributed by atoms with van der Waals surface area (Å²) in [5.41, 5.74) is 3.91. The van der Waals surface area contributed by atoms with Gasteiger partial charge in [-0.25, -0.2) is 0 Å². The lowest BCUT2D eigenvalue weighted by molar-refractivity contribution is -0.107. The number of hydrogen-bond donors (Lipinski definition) is 0. The number of rotatable bonds is 2. The van der Waals surface area contributed by atoms with E-state index in [1.165, 1.54) is 30.0 Å². The van der Waals surface area contributed by atoms with Gasteiger partial charge in [-0.15, -0.1) is 0 Å². The van der Waals surface area contributed by atoms with Gasteiger partial charge in [-0.05, 0) is 53.6 Å². The highest BCUT2D eigenvalue weighted by molar-refractivity contribution is 6.66. The van der Waals surface area contributed by atoms with Crippen molar-refractivity contribution in [3.8, 4) is 0 Å². The zero-order valence-corrected chi connectivity index (χ0v) is 8.55. The highest BCUT2D eigenvalue weighted by atomic mass is 35.5. The lowest BCUT2D eigenvalue weighted by Crippen LogP contribution is -1.83. The monoisotopic (exact) mass is 206 g/mol. The number of hydrogen-bond acceptors (Lipinski definition) is 1. The Kier molecular flexibility index (Phi) is 2.69. The molecule has 0 atom stereocenters. The molecule has 0 saturated heterocycles. The van der Waals surface area contributed by atoms with Crippen LogP contribution in [0.4, 0.5) is 0 Å². The van der Waals surface area contributed by atoms with E-state index in [0.29, 0.717) is 0 Å². The SMILES string of the molecule is O=C(Cl)C=Cc1ccc2c(c1)CCC2. The normalized spacial score (nSPS) is 14.6. The average Bonchev–Trinajstić information content (AvgIpc) is 2.61. The Morgan fingerprint density at radius 3 is 2.86 bits per heavy atom. The maximum absolute atomic E-state index is 10.5. The van der Waals surface area contributed by atoms with Crippen molar-refractivity contribution in [2.24, 2.45) is 0 Å². The van der Waals surface area contributed by atoms with Crippen molar-refractivity contribution in [1.82, 2.24) is 0 Å². The van der Waals surface area contributed by atoms with Gasteiger partial charge in [0.1, 0.15) is 0 Å². The zero-order chi connectivity index (χ0) is 9.97. The van der Waals surface area contributed by atoms with Crippen molar-refractivity contribution in [2.75, 3.05) is 0 Å². The van der Waals surface area contributed by atoms with Gasteiger partial charge in [0.15, 0.2) is 0 Å². The molecule has 2 rings (SSSR count). The molecule has 0 saturated carbocycles. The third kappa shape index (κ3) is 2.05. The molecule has 14 heavy (non-hydrogen) atoms. The van der Waals surface area contributed by atoms with E-state index in [0.717, 1.165) is 12.0 Å². The van der Waals surface area contributed by atoms with Gasteiger partial charge in [0.25, 0.3) is 0 Å². The van der Waals surface area contributed by atoms with E-state index >= 15 is 0 Å². The second-order valence-electron chi connectivity index (χ2n) is 3.52. The predicted octanol–water partition coefficient (Wildman–Crippen LogP) is 2.95. The molecule has 1 aromatic rings. The van der Waals surface area contributed by atoms with Gasteiger partial charge >= 0.3 is 0 Å². The minimum absolute atomic E-state index is 0.425. The van der Waals surface area contributed by atoms with Crippen molar-refractivity contribution in [3.63, 3.8) is 0 Å². The van der Waals surface area contributed by atoms with Gasteiger partial charge in [0, 0.05) is 0 Å². The fourth-order valence-electron chi connectivity index (χ4n) is 1.86. The molecular weight excluding hydrogens is 196 g/mol. The van der Waals surface area contributed by atoms with Gasteiger partial charge < -0.3 is 0 Å². The van der Waals surface area contributed by atoms with E-state index in [9.17, 15) is 4.79 Å². The third-order valence-electron chi connectivity index (χ3n) is 2.53. The molecule has 0 heterocycles. The number of benzene rings is 1. The molecule has 0 aromatic heterocycles. The Morgan fingerprint density at radius 2 is 2.07 bits per heavy atom. The van der Waals surface area contributed by atoms with Crippen LogP contribution in [-0.2, 0) is 17.6 Å². The van der Waals surface area contributed by atoms with Crippen molar-refractivity contribution in [2.45, 2.75) is 19.3 Å². The van der Waals surface area contributed by atoms with Gasteiger partial charge in [-0.1, -0.05) is 24.3 Å². The summed E-state index contributed by atoms with van der Waals surface area (Å²) in [7, 11) is 0. The third-order valence-corrected chi connectivity index (χ3v) is 2.66. The molecule has 1 aliphatic rings. The fourth-order valence-corrected chi connectivity index (χ4v) is 1.92. The van der Waals surface area contributed by atoms with Gasteiger partial charge in [0.2, 0.25) is 5.24 Å². The first kappa shape index (κ1) is 9.47. The van der Waals surface area contributed by atoms with Crippen molar-refractivity contribution >= 4 is 22.9 Å². The molecule has 0 amide bonds. The van der Waals surface area contributed by atoms with E-state index in [1.54, 1.807) is 6.08 Å². The standard InChI is InChI=1S/C12H11ClO/c13-12(14)7-5-9-4-6-10-2-1-3-11(10)8-9/h4-8H,1-3H2. The highest BCUT2D eigenvalue weighted by Crippen LogP contribution is 2.23. The van der Waals surface area contributed by atoms with E-state index in [2.05, 4.69) is 12.1 Å². The summed E-state index contributed by atoms with van der Waals surface area (Å²) in [5, 5.41) is -0.425. The summed E-state index contributed by atoms with van der Waals surface area (Å²) >= 11 is 5.22. The molecule has 0 fully saturated rings. The quantitative estimate of drug-likeness (QED) is 0.537. The second kappa shape index (κ2) is 3.97. The molecule has 0 radical (unpaired) electrons. The Bertz CT molecular complexity index is 393. The topological polar surface area (TPSA) is 17.1 Å². The van der Waals surface area contributed by atoms with Gasteiger partial charge in [0.05, 0.1) is 0 Å². The maximum Gasteiger partial charge on any atom is 0.245 e. The first-order chi connectivity index (χ1) is 6.75. The van der Waals surface area contributed by atoms with Crippen LogP contribution in [-0.4, -0.2) is 5.24 Å². The molecule has 0 unspecified atom stereocenters. The summed E-state index contributed by atoms with van der Waals surface area (Å²) in [5.74, 6) is 0. The van der Waals surface area contributed by atoms with Gasteiger partial charge in [-0.2, -0.15) is 0 Å². The van der Waals surface area contributed by atoms with E-state index in [1.807, 2.05) is 6.07 Å². The number of carbonyl (C=O) groups is 1. The minimum atomic E-state index is -0.425. The van der Waals surface area contributed by atoms with Crippen LogP contribution in [0.2, 0.25) is 0 Å². The molecule has 0 bridgehead atoms. The van der Waals surface area contributed by atoms with Crippen LogP contribution in [0.5, 0.6) is 0 Å². The number of fused-ring (bicyclic) bond motifs is 1. The summed E-state index contributed by atoms with van der Waals surface area (Å²) in [6.07, 6.45) is 6.74. The van der Waals surface area contributed by atoms with E-state index in [-0.39, 0.29) is 0 Å². The van der Waals surface area contributed by atoms with E-state index < -0.39 is 5.24 Å². The molecule has 1 nitrogen and oxygen atoms in total. The Balaban J connectivity index is 2.25. The Labute approximate surface area is 88.4 Å². The van der Waals surface area contributed by atoms with Crippen molar-refractivity contribution < 1.29 is 4.79 Å². The lowest BCUT2D eigenvalue weighted by atomic mass is 10.1. The molecular formula is C12H11ClO. The summed E-state index contributed by atoms with van der Waals surface area (Å²) in [4.78, 5) is 10.5. The number of halogens is 1. The van der Waals surface area contributed by atoms with Crippen LogP contribution in [0.3, 0.4) is 0 Å². The molecule has 2 heteroatoms. The highest BCUT2D eigenvalue weighted by Gasteiger charge is 2.09. The molecule has 72 valence electrons. The van der Waals surface area contributed by atoms with Crippen LogP contribution in [0, 0.1) is 0 Å². The number of aryl methyl sites for hydroxylation is 2. The first-order valence-electron chi connectivity index (χ1n) is 4.75. The van der Waals surface area contributed by atoms with Gasteiger partial charge in [-0.3, -0.25) is 4.79 Å². The fraction of sp³-hybridized carbons (Fsp3) is 0.250. The predicted molar refractivity (Wildman–Crippen MR) is 58.4 cm³/mol. The number of carbonyl (C=O) groups excluding carboxylic acids is 1. The maximum atomic E-state index is 10.5. The van der Waals surface area contributed by atoms with E-state index in [4.69, 9.17) is 11.6 Å². The summed E-state index contributed by atoms with van der Waals surface area (Å²) < 4.78 is 0. The molecule has 0 spiro atoms. The van der Waals surface area contributed by atoms with Crippen LogP contribution >= 0.6 is 11.6 Å². The Morgan fingerprint density at radius 1 is 1.29 bits per heavy atom. The Hall–Kier alpha value is -1.08. The van der Waals surface area contributed by atoms with Crippen LogP contribution < -0.4 is 0 Å².